The number of rotatable bonds is 1. The maximum absolute atomic E-state index is 12.2. The third-order valence-corrected chi connectivity index (χ3v) is 4.04. The van der Waals surface area contributed by atoms with E-state index in [0.29, 0.717) is 12.2 Å². The third kappa shape index (κ3) is 3.79. The topological polar surface area (TPSA) is 72.9 Å². The van der Waals surface area contributed by atoms with Crippen LogP contribution < -0.4 is 9.64 Å². The normalized spacial score (nSPS) is 15.1. The molecule has 0 spiro atoms. The van der Waals surface area contributed by atoms with Crippen LogP contribution in [0.25, 0.3) is 0 Å². The molecule has 0 aliphatic carbocycles. The van der Waals surface area contributed by atoms with Gasteiger partial charge in [-0.3, -0.25) is 4.90 Å². The molecule has 0 fully saturated rings. The van der Waals surface area contributed by atoms with Crippen molar-refractivity contribution >= 4 is 31.5 Å². The van der Waals surface area contributed by atoms with E-state index in [4.69, 9.17) is 20.2 Å². The third-order valence-electron chi connectivity index (χ3n) is 2.69. The quantitative estimate of drug-likeness (QED) is 0.739. The molecule has 1 heterocycles. The number of carbonyl (C=O) groups is 1. The van der Waals surface area contributed by atoms with Crippen molar-refractivity contribution in [3.05, 3.63) is 18.2 Å². The fourth-order valence-electron chi connectivity index (χ4n) is 1.86. The van der Waals surface area contributed by atoms with Crippen molar-refractivity contribution in [1.82, 2.24) is 0 Å². The number of hydrogen-bond donors (Lipinski definition) is 0. The summed E-state index contributed by atoms with van der Waals surface area (Å²) in [7, 11) is 1.45. The van der Waals surface area contributed by atoms with Crippen LogP contribution in [0.15, 0.2) is 23.1 Å². The van der Waals surface area contributed by atoms with Gasteiger partial charge in [-0.1, -0.05) is 0 Å². The molecule has 6 nitrogen and oxygen atoms in total. The maximum atomic E-state index is 12.2. The van der Waals surface area contributed by atoms with Crippen molar-refractivity contribution in [2.75, 3.05) is 18.1 Å². The van der Waals surface area contributed by atoms with Crippen LogP contribution in [0, 0.1) is 0 Å². The highest BCUT2D eigenvalue weighted by atomic mass is 35.7. The van der Waals surface area contributed by atoms with Gasteiger partial charge in [-0.15, -0.1) is 0 Å². The molecule has 1 aromatic rings. The Kier molecular flexibility index (Phi) is 4.08. The lowest BCUT2D eigenvalue weighted by Gasteiger charge is -2.31. The number of hydrogen-bond acceptors (Lipinski definition) is 5. The van der Waals surface area contributed by atoms with E-state index in [0.717, 1.165) is 0 Å². The second-order valence-electron chi connectivity index (χ2n) is 5.55. The molecule has 0 unspecified atom stereocenters. The second-order valence-corrected chi connectivity index (χ2v) is 8.11. The minimum atomic E-state index is -3.85. The summed E-state index contributed by atoms with van der Waals surface area (Å²) in [6.45, 7) is 5.90. The monoisotopic (exact) mass is 333 g/mol. The summed E-state index contributed by atoms with van der Waals surface area (Å²) in [6, 6.07) is 4.11. The molecular weight excluding hydrogens is 318 g/mol. The lowest BCUT2D eigenvalue weighted by Crippen LogP contribution is -2.41. The van der Waals surface area contributed by atoms with Gasteiger partial charge in [-0.2, -0.15) is 0 Å². The van der Waals surface area contributed by atoms with Crippen molar-refractivity contribution in [1.29, 1.82) is 0 Å². The Hall–Kier alpha value is -1.47. The van der Waals surface area contributed by atoms with Crippen LogP contribution in [0.4, 0.5) is 10.5 Å². The first-order valence-electron chi connectivity index (χ1n) is 6.30. The molecule has 0 atom stereocenters. The van der Waals surface area contributed by atoms with Crippen molar-refractivity contribution in [2.45, 2.75) is 31.3 Å². The lowest BCUT2D eigenvalue weighted by molar-refractivity contribution is 0.0567. The van der Waals surface area contributed by atoms with Crippen LogP contribution in [-0.2, 0) is 13.8 Å². The van der Waals surface area contributed by atoms with E-state index >= 15 is 0 Å². The molecule has 0 N–H and O–H groups in total. The van der Waals surface area contributed by atoms with E-state index in [2.05, 4.69) is 0 Å². The van der Waals surface area contributed by atoms with Crippen LogP contribution >= 0.6 is 10.7 Å². The van der Waals surface area contributed by atoms with E-state index in [-0.39, 0.29) is 17.3 Å². The molecule has 0 radical (unpaired) electrons. The Morgan fingerprint density at radius 1 is 1.38 bits per heavy atom. The Morgan fingerprint density at radius 3 is 2.62 bits per heavy atom. The summed E-state index contributed by atoms with van der Waals surface area (Å²) in [5.41, 5.74) is -0.158. The highest BCUT2D eigenvalue weighted by molar-refractivity contribution is 8.13. The molecule has 1 aliphatic heterocycles. The van der Waals surface area contributed by atoms with Crippen LogP contribution in [0.3, 0.4) is 0 Å². The van der Waals surface area contributed by atoms with Gasteiger partial charge in [0.2, 0.25) is 0 Å². The fourth-order valence-corrected chi connectivity index (χ4v) is 2.63. The number of anilines is 1. The lowest BCUT2D eigenvalue weighted by atomic mass is 10.2. The van der Waals surface area contributed by atoms with Crippen LogP contribution in [0.2, 0.25) is 0 Å². The zero-order chi connectivity index (χ0) is 15.8. The number of ether oxygens (including phenoxy) is 2. The van der Waals surface area contributed by atoms with Gasteiger partial charge in [0.15, 0.2) is 0 Å². The Balaban J connectivity index is 2.34. The molecule has 21 heavy (non-hydrogen) atoms. The number of halogens is 1. The van der Waals surface area contributed by atoms with Gasteiger partial charge in [0.1, 0.15) is 18.0 Å². The Morgan fingerprint density at radius 2 is 2.05 bits per heavy atom. The molecule has 8 heteroatoms. The molecular formula is C13H16ClNO5S. The van der Waals surface area contributed by atoms with Crippen LogP contribution in [-0.4, -0.2) is 33.3 Å². The first-order valence-corrected chi connectivity index (χ1v) is 8.61. The first kappa shape index (κ1) is 15.9. The number of benzene rings is 1. The molecule has 0 saturated heterocycles. The highest BCUT2D eigenvalue weighted by Crippen LogP contribution is 2.35. The summed E-state index contributed by atoms with van der Waals surface area (Å²) in [6.07, 6.45) is -0.506. The number of nitrogens with zero attached hydrogens (tertiary/aromatic N) is 1. The summed E-state index contributed by atoms with van der Waals surface area (Å²) in [5, 5.41) is 0. The van der Waals surface area contributed by atoms with Crippen LogP contribution in [0.5, 0.6) is 5.75 Å². The van der Waals surface area contributed by atoms with Crippen molar-refractivity contribution < 1.29 is 22.7 Å². The zero-order valence-corrected chi connectivity index (χ0v) is 13.5. The minimum Gasteiger partial charge on any atom is -0.489 e. The molecule has 0 bridgehead atoms. The summed E-state index contributed by atoms with van der Waals surface area (Å²) >= 11 is 0. The predicted octanol–water partition coefficient (Wildman–Crippen LogP) is 2.75. The van der Waals surface area contributed by atoms with Gasteiger partial charge in [0, 0.05) is 16.7 Å². The van der Waals surface area contributed by atoms with Gasteiger partial charge in [-0.05, 0) is 32.9 Å². The maximum Gasteiger partial charge on any atom is 0.415 e. The Bertz CT molecular complexity index is 666. The number of carbonyl (C=O) groups excluding carboxylic acids is 1. The average Bonchev–Trinajstić information content (AvgIpc) is 2.34. The molecule has 0 aromatic heterocycles. The fraction of sp³-hybridized carbons (Fsp3) is 0.462. The number of fused-ring (bicyclic) bond motifs is 1. The second kappa shape index (κ2) is 5.38. The smallest absolute Gasteiger partial charge is 0.415 e. The van der Waals surface area contributed by atoms with Gasteiger partial charge in [-0.25, -0.2) is 13.2 Å². The molecule has 1 amide bonds. The summed E-state index contributed by atoms with van der Waals surface area (Å²) in [5.74, 6) is 0.286. The summed E-state index contributed by atoms with van der Waals surface area (Å²) < 4.78 is 33.4. The molecule has 0 saturated carbocycles. The van der Waals surface area contributed by atoms with Gasteiger partial charge >= 0.3 is 6.09 Å². The van der Waals surface area contributed by atoms with Gasteiger partial charge in [0.05, 0.1) is 17.1 Å². The average molecular weight is 334 g/mol. The van der Waals surface area contributed by atoms with E-state index in [1.807, 2.05) is 0 Å². The van der Waals surface area contributed by atoms with Crippen LogP contribution in [0.1, 0.15) is 20.8 Å². The highest BCUT2D eigenvalue weighted by Gasteiger charge is 2.29. The Labute approximate surface area is 128 Å². The summed E-state index contributed by atoms with van der Waals surface area (Å²) in [4.78, 5) is 13.5. The van der Waals surface area contributed by atoms with Gasteiger partial charge < -0.3 is 9.47 Å². The zero-order valence-electron chi connectivity index (χ0n) is 11.9. The molecule has 1 aromatic carbocycles. The molecule has 116 valence electrons. The van der Waals surface area contributed by atoms with E-state index in [1.165, 1.54) is 23.1 Å². The van der Waals surface area contributed by atoms with Gasteiger partial charge in [0.25, 0.3) is 9.05 Å². The molecule has 2 rings (SSSR count). The van der Waals surface area contributed by atoms with Crippen molar-refractivity contribution in [3.63, 3.8) is 0 Å². The van der Waals surface area contributed by atoms with E-state index in [1.54, 1.807) is 20.8 Å². The SMILES string of the molecule is CC(C)(C)OC(=O)N1CCOc2cc(S(=O)(=O)Cl)ccc21. The van der Waals surface area contributed by atoms with Crippen molar-refractivity contribution in [2.24, 2.45) is 0 Å². The number of amides is 1. The van der Waals surface area contributed by atoms with Crippen molar-refractivity contribution in [3.8, 4) is 5.75 Å². The predicted molar refractivity (Wildman–Crippen MR) is 78.6 cm³/mol. The minimum absolute atomic E-state index is 0.0750. The van der Waals surface area contributed by atoms with E-state index < -0.39 is 20.7 Å². The first-order chi connectivity index (χ1) is 9.58. The molecule has 1 aliphatic rings. The van der Waals surface area contributed by atoms with E-state index in [9.17, 15) is 13.2 Å². The standard InChI is InChI=1S/C13H16ClNO5S/c1-13(2,3)20-12(16)15-6-7-19-11-8-9(21(14,17)18)4-5-10(11)15/h4-5,8H,6-7H2,1-3H3. The largest absolute Gasteiger partial charge is 0.489 e.